The van der Waals surface area contributed by atoms with E-state index in [9.17, 15) is 9.90 Å². The molecule has 3 atom stereocenters. The third kappa shape index (κ3) is 5.13. The van der Waals surface area contributed by atoms with Gasteiger partial charge in [0, 0.05) is 18.5 Å². The highest BCUT2D eigenvalue weighted by atomic mass is 16.3. The number of aliphatic hydroxyl groups excluding tert-OH is 1. The summed E-state index contributed by atoms with van der Waals surface area (Å²) < 4.78 is 0. The number of rotatable bonds is 7. The van der Waals surface area contributed by atoms with E-state index >= 15 is 0 Å². The predicted octanol–water partition coefficient (Wildman–Crippen LogP) is 3.35. The highest BCUT2D eigenvalue weighted by molar-refractivity contribution is 5.79. The van der Waals surface area contributed by atoms with Gasteiger partial charge in [0.2, 0.25) is 5.91 Å². The van der Waals surface area contributed by atoms with Crippen LogP contribution in [0.1, 0.15) is 72.1 Å². The molecule has 3 heteroatoms. The van der Waals surface area contributed by atoms with Crippen molar-refractivity contribution in [3.05, 3.63) is 0 Å². The number of carbonyl (C=O) groups is 1. The summed E-state index contributed by atoms with van der Waals surface area (Å²) in [4.78, 5) is 14.7. The zero-order chi connectivity index (χ0) is 14.3. The number of amides is 1. The second-order valence-corrected chi connectivity index (χ2v) is 6.01. The normalized spacial score (nSPS) is 23.2. The average molecular weight is 269 g/mol. The Balaban J connectivity index is 2.63. The molecule has 112 valence electrons. The molecule has 3 unspecified atom stereocenters. The molecule has 0 aromatic heterocycles. The van der Waals surface area contributed by atoms with Crippen LogP contribution in [0.4, 0.5) is 0 Å². The maximum atomic E-state index is 12.7. The minimum absolute atomic E-state index is 0.189. The molecule has 3 nitrogen and oxygen atoms in total. The van der Waals surface area contributed by atoms with Gasteiger partial charge in [-0.3, -0.25) is 4.79 Å². The van der Waals surface area contributed by atoms with Crippen molar-refractivity contribution in [2.45, 2.75) is 84.3 Å². The van der Waals surface area contributed by atoms with Gasteiger partial charge in [-0.25, -0.2) is 0 Å². The van der Waals surface area contributed by atoms with Gasteiger partial charge in [-0.15, -0.1) is 0 Å². The number of piperidine rings is 1. The summed E-state index contributed by atoms with van der Waals surface area (Å²) in [5, 5.41) is 9.60. The van der Waals surface area contributed by atoms with Gasteiger partial charge in [0.15, 0.2) is 0 Å². The molecule has 1 heterocycles. The average Bonchev–Trinajstić information content (AvgIpc) is 2.39. The number of unbranched alkanes of at least 4 members (excludes halogenated alkanes) is 1. The first-order valence-electron chi connectivity index (χ1n) is 8.08. The van der Waals surface area contributed by atoms with Crippen LogP contribution in [0.5, 0.6) is 0 Å². The highest BCUT2D eigenvalue weighted by Gasteiger charge is 2.30. The molecule has 0 saturated carbocycles. The lowest BCUT2D eigenvalue weighted by Gasteiger charge is -2.38. The van der Waals surface area contributed by atoms with Crippen LogP contribution in [0.25, 0.3) is 0 Å². The molecule has 0 aromatic rings. The van der Waals surface area contributed by atoms with Gasteiger partial charge in [0.1, 0.15) is 0 Å². The Labute approximate surface area is 118 Å². The summed E-state index contributed by atoms with van der Waals surface area (Å²) in [6, 6.07) is 0.261. The molecule has 0 bridgehead atoms. The topological polar surface area (TPSA) is 40.5 Å². The van der Waals surface area contributed by atoms with E-state index < -0.39 is 0 Å². The predicted molar refractivity (Wildman–Crippen MR) is 79.0 cm³/mol. The van der Waals surface area contributed by atoms with E-state index in [1.54, 1.807) is 0 Å². The van der Waals surface area contributed by atoms with Crippen LogP contribution in [-0.2, 0) is 4.79 Å². The van der Waals surface area contributed by atoms with Gasteiger partial charge < -0.3 is 10.0 Å². The summed E-state index contributed by atoms with van der Waals surface area (Å²) in [6.07, 6.45) is 8.03. The molecule has 0 radical (unpaired) electrons. The van der Waals surface area contributed by atoms with Crippen LogP contribution in [0.3, 0.4) is 0 Å². The molecule has 1 amide bonds. The molecule has 1 saturated heterocycles. The van der Waals surface area contributed by atoms with Crippen molar-refractivity contribution in [2.24, 2.45) is 5.92 Å². The van der Waals surface area contributed by atoms with Crippen LogP contribution in [-0.4, -0.2) is 34.6 Å². The van der Waals surface area contributed by atoms with Crippen LogP contribution < -0.4 is 0 Å². The molecule has 0 aliphatic carbocycles. The Bertz CT molecular complexity index is 265. The van der Waals surface area contributed by atoms with Crippen molar-refractivity contribution < 1.29 is 9.90 Å². The molecule has 1 aliphatic rings. The fourth-order valence-electron chi connectivity index (χ4n) is 3.12. The summed E-state index contributed by atoms with van der Waals surface area (Å²) in [5.74, 6) is 0.524. The Kier molecular flexibility index (Phi) is 7.44. The van der Waals surface area contributed by atoms with E-state index in [0.717, 1.165) is 51.5 Å². The maximum Gasteiger partial charge on any atom is 0.225 e. The summed E-state index contributed by atoms with van der Waals surface area (Å²) >= 11 is 0. The number of likely N-dealkylation sites (tertiary alicyclic amines) is 1. The van der Waals surface area contributed by atoms with Crippen LogP contribution in [0.2, 0.25) is 0 Å². The Morgan fingerprint density at radius 3 is 2.68 bits per heavy atom. The van der Waals surface area contributed by atoms with E-state index in [4.69, 9.17) is 0 Å². The molecule has 1 fully saturated rings. The molecular weight excluding hydrogens is 238 g/mol. The molecule has 0 spiro atoms. The molecule has 1 rings (SSSR count). The minimum atomic E-state index is -0.311. The number of hydrogen-bond donors (Lipinski definition) is 1. The van der Waals surface area contributed by atoms with E-state index in [1.807, 2.05) is 6.92 Å². The van der Waals surface area contributed by atoms with Crippen molar-refractivity contribution >= 4 is 5.91 Å². The van der Waals surface area contributed by atoms with Crippen molar-refractivity contribution in [1.82, 2.24) is 4.90 Å². The summed E-state index contributed by atoms with van der Waals surface area (Å²) in [5.41, 5.74) is 0. The quantitative estimate of drug-likeness (QED) is 0.770. The first kappa shape index (κ1) is 16.5. The Morgan fingerprint density at radius 1 is 1.37 bits per heavy atom. The smallest absolute Gasteiger partial charge is 0.225 e. The van der Waals surface area contributed by atoms with E-state index in [1.165, 1.54) is 6.42 Å². The van der Waals surface area contributed by atoms with Crippen LogP contribution >= 0.6 is 0 Å². The van der Waals surface area contributed by atoms with Gasteiger partial charge in [-0.2, -0.15) is 0 Å². The molecule has 0 aromatic carbocycles. The lowest BCUT2D eigenvalue weighted by molar-refractivity contribution is -0.140. The number of carbonyl (C=O) groups excluding carboxylic acids is 1. The SMILES string of the molecule is CCCCC(CC)C(=O)N1CCCCC1CC(C)O. The van der Waals surface area contributed by atoms with Gasteiger partial charge in [-0.05, 0) is 45.4 Å². The van der Waals surface area contributed by atoms with Crippen molar-refractivity contribution in [1.29, 1.82) is 0 Å². The zero-order valence-corrected chi connectivity index (χ0v) is 12.9. The highest BCUT2D eigenvalue weighted by Crippen LogP contribution is 2.25. The number of hydrogen-bond acceptors (Lipinski definition) is 2. The Hall–Kier alpha value is -0.570. The van der Waals surface area contributed by atoms with Crippen LogP contribution in [0, 0.1) is 5.92 Å². The van der Waals surface area contributed by atoms with E-state index in [-0.39, 0.29) is 18.1 Å². The van der Waals surface area contributed by atoms with E-state index in [0.29, 0.717) is 5.91 Å². The Morgan fingerprint density at radius 2 is 2.11 bits per heavy atom. The van der Waals surface area contributed by atoms with Crippen LogP contribution in [0.15, 0.2) is 0 Å². The monoisotopic (exact) mass is 269 g/mol. The first-order valence-corrected chi connectivity index (χ1v) is 8.08. The second-order valence-electron chi connectivity index (χ2n) is 6.01. The molecule has 1 N–H and O–H groups in total. The summed E-state index contributed by atoms with van der Waals surface area (Å²) in [6.45, 7) is 7.00. The standard InChI is InChI=1S/C16H31NO2/c1-4-6-9-14(5-2)16(19)17-11-8-7-10-15(17)12-13(3)18/h13-15,18H,4-12H2,1-3H3. The van der Waals surface area contributed by atoms with Crippen molar-refractivity contribution in [3.63, 3.8) is 0 Å². The fourth-order valence-corrected chi connectivity index (χ4v) is 3.12. The van der Waals surface area contributed by atoms with Gasteiger partial charge in [-0.1, -0.05) is 26.7 Å². The number of aliphatic hydroxyl groups is 1. The third-order valence-electron chi connectivity index (χ3n) is 4.27. The van der Waals surface area contributed by atoms with Crippen molar-refractivity contribution in [2.75, 3.05) is 6.54 Å². The maximum absolute atomic E-state index is 12.7. The summed E-state index contributed by atoms with van der Waals surface area (Å²) in [7, 11) is 0. The zero-order valence-electron chi connectivity index (χ0n) is 12.9. The van der Waals surface area contributed by atoms with Gasteiger partial charge in [0.25, 0.3) is 0 Å². The van der Waals surface area contributed by atoms with Gasteiger partial charge >= 0.3 is 0 Å². The largest absolute Gasteiger partial charge is 0.393 e. The number of nitrogens with zero attached hydrogens (tertiary/aromatic N) is 1. The third-order valence-corrected chi connectivity index (χ3v) is 4.27. The lowest BCUT2D eigenvalue weighted by Crippen LogP contribution is -2.47. The molecule has 19 heavy (non-hydrogen) atoms. The first-order chi connectivity index (χ1) is 9.10. The van der Waals surface area contributed by atoms with E-state index in [2.05, 4.69) is 18.7 Å². The second kappa shape index (κ2) is 8.57. The van der Waals surface area contributed by atoms with Gasteiger partial charge in [0.05, 0.1) is 6.10 Å². The molecule has 1 aliphatic heterocycles. The fraction of sp³-hybridized carbons (Fsp3) is 0.938. The molecular formula is C16H31NO2. The van der Waals surface area contributed by atoms with Crippen molar-refractivity contribution in [3.8, 4) is 0 Å². The lowest BCUT2D eigenvalue weighted by atomic mass is 9.92. The minimum Gasteiger partial charge on any atom is -0.393 e.